The fourth-order valence-corrected chi connectivity index (χ4v) is 3.49. The second-order valence-corrected chi connectivity index (χ2v) is 7.83. The van der Waals surface area contributed by atoms with E-state index in [4.69, 9.17) is 16.3 Å². The van der Waals surface area contributed by atoms with Gasteiger partial charge >= 0.3 is 6.18 Å². The van der Waals surface area contributed by atoms with E-state index < -0.39 is 11.7 Å². The molecular formula is C21H18ClF3N4O2S. The molecule has 0 spiro atoms. The normalized spacial score (nSPS) is 11.2. The van der Waals surface area contributed by atoms with Crippen LogP contribution in [0.3, 0.4) is 0 Å². The van der Waals surface area contributed by atoms with E-state index in [-0.39, 0.29) is 24.0 Å². The number of alkyl halides is 3. The number of rotatable bonds is 9. The average Bonchev–Trinajstić information content (AvgIpc) is 3.13. The van der Waals surface area contributed by atoms with Crippen LogP contribution < -0.4 is 10.1 Å². The number of halogens is 4. The van der Waals surface area contributed by atoms with Crippen LogP contribution in [-0.2, 0) is 24.1 Å². The van der Waals surface area contributed by atoms with Crippen molar-refractivity contribution >= 4 is 35.0 Å². The number of anilines is 1. The van der Waals surface area contributed by atoms with Gasteiger partial charge in [0.05, 0.1) is 11.3 Å². The van der Waals surface area contributed by atoms with E-state index in [0.29, 0.717) is 28.3 Å². The van der Waals surface area contributed by atoms with Crippen LogP contribution in [0.2, 0.25) is 5.02 Å². The van der Waals surface area contributed by atoms with Crippen molar-refractivity contribution in [2.45, 2.75) is 24.5 Å². The number of thioether (sulfide) groups is 1. The minimum absolute atomic E-state index is 0.00562. The van der Waals surface area contributed by atoms with Crippen molar-refractivity contribution in [3.05, 3.63) is 77.6 Å². The summed E-state index contributed by atoms with van der Waals surface area (Å²) in [5.41, 5.74) is -0.510. The van der Waals surface area contributed by atoms with Crippen LogP contribution in [0.5, 0.6) is 5.75 Å². The molecule has 0 aliphatic heterocycles. The number of allylic oxidation sites excluding steroid dienone is 1. The Labute approximate surface area is 191 Å². The summed E-state index contributed by atoms with van der Waals surface area (Å²) in [5, 5.41) is 11.9. The minimum Gasteiger partial charge on any atom is -0.486 e. The molecule has 0 saturated heterocycles. The highest BCUT2D eigenvalue weighted by Crippen LogP contribution is 2.30. The third-order valence-electron chi connectivity index (χ3n) is 4.12. The van der Waals surface area contributed by atoms with Crippen molar-refractivity contribution in [2.24, 2.45) is 0 Å². The van der Waals surface area contributed by atoms with Crippen LogP contribution in [0.1, 0.15) is 11.4 Å². The summed E-state index contributed by atoms with van der Waals surface area (Å²) in [6, 6.07) is 11.1. The van der Waals surface area contributed by atoms with Gasteiger partial charge in [-0.05, 0) is 48.5 Å². The Hall–Kier alpha value is -2.98. The number of carbonyl (C=O) groups is 1. The Kier molecular flexibility index (Phi) is 7.81. The molecule has 168 valence electrons. The van der Waals surface area contributed by atoms with E-state index in [1.54, 1.807) is 34.9 Å². The molecule has 6 nitrogen and oxygen atoms in total. The molecule has 0 fully saturated rings. The SMILES string of the molecule is C=CCn1c(COc2ccc(Cl)cc2)nnc1SCC(=O)Nc1ccc(C(F)(F)F)cc1. The average molecular weight is 483 g/mol. The maximum Gasteiger partial charge on any atom is 0.416 e. The molecule has 0 radical (unpaired) electrons. The highest BCUT2D eigenvalue weighted by molar-refractivity contribution is 7.99. The van der Waals surface area contributed by atoms with E-state index in [2.05, 4.69) is 22.1 Å². The monoisotopic (exact) mass is 482 g/mol. The largest absolute Gasteiger partial charge is 0.486 e. The number of amides is 1. The Bertz CT molecular complexity index is 1070. The smallest absolute Gasteiger partial charge is 0.416 e. The molecule has 0 aliphatic carbocycles. The Morgan fingerprint density at radius 3 is 2.47 bits per heavy atom. The van der Waals surface area contributed by atoms with Gasteiger partial charge in [-0.3, -0.25) is 9.36 Å². The van der Waals surface area contributed by atoms with Crippen molar-refractivity contribution in [3.8, 4) is 5.75 Å². The molecule has 32 heavy (non-hydrogen) atoms. The number of hydrogen-bond donors (Lipinski definition) is 1. The van der Waals surface area contributed by atoms with Gasteiger partial charge in [-0.1, -0.05) is 29.4 Å². The van der Waals surface area contributed by atoms with Gasteiger partial charge in [0.2, 0.25) is 5.91 Å². The molecule has 3 aromatic rings. The lowest BCUT2D eigenvalue weighted by Gasteiger charge is -2.10. The van der Waals surface area contributed by atoms with Crippen molar-refractivity contribution in [1.82, 2.24) is 14.8 Å². The molecule has 1 aromatic heterocycles. The zero-order valence-electron chi connectivity index (χ0n) is 16.6. The van der Waals surface area contributed by atoms with E-state index in [1.165, 1.54) is 12.1 Å². The number of ether oxygens (including phenoxy) is 1. The predicted molar refractivity (Wildman–Crippen MR) is 117 cm³/mol. The summed E-state index contributed by atoms with van der Waals surface area (Å²) in [6.07, 6.45) is -2.76. The molecule has 1 heterocycles. The molecule has 0 saturated carbocycles. The van der Waals surface area contributed by atoms with Crippen LogP contribution in [-0.4, -0.2) is 26.4 Å². The first-order valence-electron chi connectivity index (χ1n) is 9.27. The summed E-state index contributed by atoms with van der Waals surface area (Å²) in [6.45, 7) is 4.29. The van der Waals surface area contributed by atoms with E-state index in [9.17, 15) is 18.0 Å². The second-order valence-electron chi connectivity index (χ2n) is 6.45. The second kappa shape index (κ2) is 10.6. The van der Waals surface area contributed by atoms with Crippen LogP contribution in [0.4, 0.5) is 18.9 Å². The minimum atomic E-state index is -4.43. The standard InChI is InChI=1S/C21H18ClF3N4O2S/c1-2-11-29-18(12-31-17-9-5-15(22)6-10-17)27-28-20(29)32-13-19(30)26-16-7-3-14(4-8-16)21(23,24)25/h2-10H,1,11-13H2,(H,26,30). The molecule has 0 unspecified atom stereocenters. The summed E-state index contributed by atoms with van der Waals surface area (Å²) < 4.78 is 45.4. The van der Waals surface area contributed by atoms with Crippen molar-refractivity contribution in [1.29, 1.82) is 0 Å². The van der Waals surface area contributed by atoms with Gasteiger partial charge in [-0.2, -0.15) is 13.2 Å². The van der Waals surface area contributed by atoms with Gasteiger partial charge in [0.1, 0.15) is 12.4 Å². The Morgan fingerprint density at radius 2 is 1.84 bits per heavy atom. The molecule has 1 N–H and O–H groups in total. The summed E-state index contributed by atoms with van der Waals surface area (Å²) in [7, 11) is 0. The lowest BCUT2D eigenvalue weighted by atomic mass is 10.2. The van der Waals surface area contributed by atoms with Gasteiger partial charge in [0, 0.05) is 17.3 Å². The molecule has 1 amide bonds. The molecule has 2 aromatic carbocycles. The van der Waals surface area contributed by atoms with Crippen molar-refractivity contribution in [2.75, 3.05) is 11.1 Å². The Morgan fingerprint density at radius 1 is 1.16 bits per heavy atom. The van der Waals surface area contributed by atoms with Crippen LogP contribution in [0, 0.1) is 0 Å². The maximum atomic E-state index is 12.6. The summed E-state index contributed by atoms with van der Waals surface area (Å²) in [5.74, 6) is 0.772. The molecule has 0 bridgehead atoms. The quantitative estimate of drug-likeness (QED) is 0.324. The number of nitrogens with zero attached hydrogens (tertiary/aromatic N) is 3. The first-order valence-corrected chi connectivity index (χ1v) is 10.6. The first kappa shape index (κ1) is 23.7. The molecule has 0 atom stereocenters. The molecule has 11 heteroatoms. The first-order chi connectivity index (χ1) is 15.3. The molecule has 3 rings (SSSR count). The predicted octanol–water partition coefficient (Wildman–Crippen LogP) is 5.45. The maximum absolute atomic E-state index is 12.6. The summed E-state index contributed by atoms with van der Waals surface area (Å²) in [4.78, 5) is 12.2. The number of carbonyl (C=O) groups excluding carboxylic acids is 1. The number of hydrogen-bond acceptors (Lipinski definition) is 5. The zero-order chi connectivity index (χ0) is 23.1. The lowest BCUT2D eigenvalue weighted by molar-refractivity contribution is -0.137. The fourth-order valence-electron chi connectivity index (χ4n) is 2.59. The molecule has 0 aliphatic rings. The van der Waals surface area contributed by atoms with Gasteiger partial charge in [0.15, 0.2) is 11.0 Å². The Balaban J connectivity index is 1.58. The third kappa shape index (κ3) is 6.51. The highest BCUT2D eigenvalue weighted by atomic mass is 35.5. The van der Waals surface area contributed by atoms with Gasteiger partial charge in [-0.15, -0.1) is 16.8 Å². The highest BCUT2D eigenvalue weighted by Gasteiger charge is 2.30. The van der Waals surface area contributed by atoms with E-state index in [1.807, 2.05) is 0 Å². The van der Waals surface area contributed by atoms with Crippen LogP contribution in [0.15, 0.2) is 66.3 Å². The summed E-state index contributed by atoms with van der Waals surface area (Å²) >= 11 is 7.00. The molecular weight excluding hydrogens is 465 g/mol. The van der Waals surface area contributed by atoms with Gasteiger partial charge in [0.25, 0.3) is 0 Å². The third-order valence-corrected chi connectivity index (χ3v) is 5.33. The van der Waals surface area contributed by atoms with Crippen molar-refractivity contribution < 1.29 is 22.7 Å². The van der Waals surface area contributed by atoms with E-state index in [0.717, 1.165) is 23.9 Å². The van der Waals surface area contributed by atoms with E-state index >= 15 is 0 Å². The number of aromatic nitrogens is 3. The van der Waals surface area contributed by atoms with Crippen molar-refractivity contribution in [3.63, 3.8) is 0 Å². The topological polar surface area (TPSA) is 69.0 Å². The van der Waals surface area contributed by atoms with Crippen LogP contribution in [0.25, 0.3) is 0 Å². The zero-order valence-corrected chi connectivity index (χ0v) is 18.2. The van der Waals surface area contributed by atoms with Crippen LogP contribution >= 0.6 is 23.4 Å². The van der Waals surface area contributed by atoms with Gasteiger partial charge < -0.3 is 10.1 Å². The lowest BCUT2D eigenvalue weighted by Crippen LogP contribution is -2.15. The number of benzene rings is 2. The number of nitrogens with one attached hydrogen (secondary N) is 1. The fraction of sp³-hybridized carbons (Fsp3) is 0.190. The van der Waals surface area contributed by atoms with Gasteiger partial charge in [-0.25, -0.2) is 0 Å².